The minimum atomic E-state index is -0.803. The van der Waals surface area contributed by atoms with Gasteiger partial charge in [0, 0.05) is 22.0 Å². The lowest BCUT2D eigenvalue weighted by atomic mass is 9.99. The maximum absolute atomic E-state index is 10.4. The monoisotopic (exact) mass is 311 g/mol. The molecule has 2 rings (SSSR count). The Morgan fingerprint density at radius 1 is 1.15 bits per heavy atom. The van der Waals surface area contributed by atoms with Crippen molar-refractivity contribution in [1.82, 2.24) is 0 Å². The molecule has 20 heavy (non-hydrogen) atoms. The molecule has 0 aliphatic heterocycles. The largest absolute Gasteiger partial charge is 0.495 e. The van der Waals surface area contributed by atoms with E-state index in [0.717, 1.165) is 0 Å². The highest BCUT2D eigenvalue weighted by atomic mass is 35.5. The smallest absolute Gasteiger partial charge is 0.142 e. The molecule has 0 saturated carbocycles. The summed E-state index contributed by atoms with van der Waals surface area (Å²) < 4.78 is 5.15. The quantitative estimate of drug-likeness (QED) is 0.843. The molecule has 0 bridgehead atoms. The first-order chi connectivity index (χ1) is 9.54. The molecule has 3 nitrogen and oxygen atoms in total. The number of nitrogens with two attached hydrogens (primary N) is 1. The number of benzene rings is 2. The van der Waals surface area contributed by atoms with Crippen molar-refractivity contribution >= 4 is 28.9 Å². The normalized spacial score (nSPS) is 12.2. The zero-order chi connectivity index (χ0) is 14.7. The number of aliphatic hydroxyl groups is 1. The Balaban J connectivity index is 2.31. The van der Waals surface area contributed by atoms with Gasteiger partial charge in [-0.2, -0.15) is 0 Å². The number of hydrogen-bond donors (Lipinski definition) is 2. The van der Waals surface area contributed by atoms with Crippen LogP contribution in [0.25, 0.3) is 0 Å². The number of methoxy groups -OCH3 is 1. The molecule has 0 fully saturated rings. The van der Waals surface area contributed by atoms with Crippen molar-refractivity contribution in [3.05, 3.63) is 57.6 Å². The molecule has 1 atom stereocenters. The van der Waals surface area contributed by atoms with E-state index in [1.54, 1.807) is 36.4 Å². The maximum Gasteiger partial charge on any atom is 0.142 e. The number of para-hydroxylation sites is 1. The first kappa shape index (κ1) is 15.0. The van der Waals surface area contributed by atoms with Crippen LogP contribution in [-0.4, -0.2) is 12.2 Å². The zero-order valence-corrected chi connectivity index (χ0v) is 12.4. The van der Waals surface area contributed by atoms with Gasteiger partial charge in [0.1, 0.15) is 5.75 Å². The second-order valence-corrected chi connectivity index (χ2v) is 5.20. The third-order valence-corrected chi connectivity index (χ3v) is 3.85. The van der Waals surface area contributed by atoms with Gasteiger partial charge in [-0.05, 0) is 23.8 Å². The summed E-state index contributed by atoms with van der Waals surface area (Å²) in [5.74, 6) is 0.534. The Morgan fingerprint density at radius 3 is 2.35 bits per heavy atom. The van der Waals surface area contributed by atoms with E-state index in [1.807, 2.05) is 0 Å². The van der Waals surface area contributed by atoms with Gasteiger partial charge >= 0.3 is 0 Å². The Hall–Kier alpha value is -1.42. The van der Waals surface area contributed by atoms with Gasteiger partial charge in [-0.1, -0.05) is 41.4 Å². The van der Waals surface area contributed by atoms with Crippen molar-refractivity contribution < 1.29 is 9.84 Å². The van der Waals surface area contributed by atoms with E-state index in [2.05, 4.69) is 0 Å². The average Bonchev–Trinajstić information content (AvgIpc) is 2.43. The van der Waals surface area contributed by atoms with E-state index in [-0.39, 0.29) is 6.42 Å². The van der Waals surface area contributed by atoms with Crippen molar-refractivity contribution in [1.29, 1.82) is 0 Å². The predicted molar refractivity (Wildman–Crippen MR) is 82.5 cm³/mol. The van der Waals surface area contributed by atoms with E-state index in [9.17, 15) is 5.11 Å². The minimum absolute atomic E-state index is 0.288. The number of anilines is 1. The Morgan fingerprint density at radius 2 is 1.75 bits per heavy atom. The molecule has 2 aromatic rings. The molecule has 0 aromatic heterocycles. The molecule has 2 aromatic carbocycles. The lowest BCUT2D eigenvalue weighted by molar-refractivity contribution is 0.179. The van der Waals surface area contributed by atoms with Crippen LogP contribution in [0.15, 0.2) is 36.4 Å². The maximum atomic E-state index is 10.4. The Labute approximate surface area is 127 Å². The summed E-state index contributed by atoms with van der Waals surface area (Å²) >= 11 is 12.2. The summed E-state index contributed by atoms with van der Waals surface area (Å²) in [5, 5.41) is 11.4. The fraction of sp³-hybridized carbons (Fsp3) is 0.200. The number of nitrogen functional groups attached to an aromatic ring is 1. The molecule has 0 aliphatic carbocycles. The molecule has 0 saturated heterocycles. The topological polar surface area (TPSA) is 55.5 Å². The third kappa shape index (κ3) is 3.01. The van der Waals surface area contributed by atoms with Crippen molar-refractivity contribution in [2.24, 2.45) is 0 Å². The van der Waals surface area contributed by atoms with Crippen molar-refractivity contribution in [2.75, 3.05) is 12.8 Å². The molecule has 5 heteroatoms. The second-order valence-electron chi connectivity index (χ2n) is 4.38. The second kappa shape index (κ2) is 6.35. The van der Waals surface area contributed by atoms with Gasteiger partial charge < -0.3 is 15.6 Å². The van der Waals surface area contributed by atoms with Gasteiger partial charge in [-0.25, -0.2) is 0 Å². The summed E-state index contributed by atoms with van der Waals surface area (Å²) in [5.41, 5.74) is 7.69. The van der Waals surface area contributed by atoms with Gasteiger partial charge in [0.25, 0.3) is 0 Å². The van der Waals surface area contributed by atoms with Gasteiger partial charge in [0.2, 0.25) is 0 Å². The van der Waals surface area contributed by atoms with Gasteiger partial charge in [0.15, 0.2) is 0 Å². The van der Waals surface area contributed by atoms with Gasteiger partial charge in [-0.15, -0.1) is 0 Å². The highest BCUT2D eigenvalue weighted by molar-refractivity contribution is 6.36. The van der Waals surface area contributed by atoms with Crippen LogP contribution < -0.4 is 10.5 Å². The van der Waals surface area contributed by atoms with Crippen LogP contribution in [0.1, 0.15) is 17.2 Å². The minimum Gasteiger partial charge on any atom is -0.495 e. The predicted octanol–water partition coefficient (Wildman–Crippen LogP) is 3.86. The fourth-order valence-electron chi connectivity index (χ4n) is 2.06. The van der Waals surface area contributed by atoms with E-state index >= 15 is 0 Å². The molecule has 1 unspecified atom stereocenters. The van der Waals surface area contributed by atoms with Crippen molar-refractivity contribution in [2.45, 2.75) is 12.5 Å². The van der Waals surface area contributed by atoms with Gasteiger partial charge in [-0.3, -0.25) is 0 Å². The summed E-state index contributed by atoms with van der Waals surface area (Å²) in [6, 6.07) is 10.5. The molecule has 0 aliphatic rings. The Kier molecular flexibility index (Phi) is 4.76. The lowest BCUT2D eigenvalue weighted by Crippen LogP contribution is -2.07. The molecular weight excluding hydrogens is 297 g/mol. The van der Waals surface area contributed by atoms with Crippen LogP contribution in [0.5, 0.6) is 5.75 Å². The fourth-order valence-corrected chi connectivity index (χ4v) is 2.61. The summed E-state index contributed by atoms with van der Waals surface area (Å²) in [6.07, 6.45) is -0.516. The number of aliphatic hydroxyl groups excluding tert-OH is 1. The lowest BCUT2D eigenvalue weighted by Gasteiger charge is -2.17. The number of halogens is 2. The SMILES string of the molecule is COc1cccc(C(O)Cc2c(Cl)cccc2Cl)c1N. The summed E-state index contributed by atoms with van der Waals surface area (Å²) in [4.78, 5) is 0. The number of hydrogen-bond acceptors (Lipinski definition) is 3. The first-order valence-corrected chi connectivity index (χ1v) is 6.83. The van der Waals surface area contributed by atoms with E-state index in [4.69, 9.17) is 33.7 Å². The molecule has 0 spiro atoms. The van der Waals surface area contributed by atoms with Gasteiger partial charge in [0.05, 0.1) is 18.9 Å². The zero-order valence-electron chi connectivity index (χ0n) is 10.9. The van der Waals surface area contributed by atoms with Crippen LogP contribution in [-0.2, 0) is 6.42 Å². The highest BCUT2D eigenvalue weighted by Gasteiger charge is 2.17. The van der Waals surface area contributed by atoms with Crippen LogP contribution in [0, 0.1) is 0 Å². The Bertz CT molecular complexity index is 597. The average molecular weight is 312 g/mol. The third-order valence-electron chi connectivity index (χ3n) is 3.14. The molecule has 106 valence electrons. The molecule has 3 N–H and O–H groups in total. The molecule has 0 heterocycles. The number of ether oxygens (including phenoxy) is 1. The molecule has 0 amide bonds. The van der Waals surface area contributed by atoms with Crippen LogP contribution in [0.2, 0.25) is 10.0 Å². The first-order valence-electron chi connectivity index (χ1n) is 6.08. The summed E-state index contributed by atoms with van der Waals surface area (Å²) in [7, 11) is 1.53. The standard InChI is InChI=1S/C15H15Cl2NO2/c1-20-14-7-2-4-9(15(14)18)13(19)8-10-11(16)5-3-6-12(10)17/h2-7,13,19H,8,18H2,1H3. The van der Waals surface area contributed by atoms with E-state index < -0.39 is 6.10 Å². The number of rotatable bonds is 4. The van der Waals surface area contributed by atoms with Crippen LogP contribution in [0.4, 0.5) is 5.69 Å². The van der Waals surface area contributed by atoms with Crippen LogP contribution >= 0.6 is 23.2 Å². The van der Waals surface area contributed by atoms with Crippen LogP contribution in [0.3, 0.4) is 0 Å². The molecule has 0 radical (unpaired) electrons. The summed E-state index contributed by atoms with van der Waals surface area (Å²) in [6.45, 7) is 0. The molecular formula is C15H15Cl2NO2. The van der Waals surface area contributed by atoms with E-state index in [1.165, 1.54) is 7.11 Å². The highest BCUT2D eigenvalue weighted by Crippen LogP contribution is 2.34. The van der Waals surface area contributed by atoms with Crippen molar-refractivity contribution in [3.8, 4) is 5.75 Å². The van der Waals surface area contributed by atoms with E-state index in [0.29, 0.717) is 32.6 Å². The van der Waals surface area contributed by atoms with Crippen molar-refractivity contribution in [3.63, 3.8) is 0 Å².